The summed E-state index contributed by atoms with van der Waals surface area (Å²) in [5.41, 5.74) is 0.543. The van der Waals surface area contributed by atoms with Gasteiger partial charge in [0.25, 0.3) is 11.4 Å². The van der Waals surface area contributed by atoms with Crippen molar-refractivity contribution in [3.8, 4) is 0 Å². The molecule has 134 valence electrons. The SMILES string of the molecule is O=C1OC(c2ccccc2[N+](=O)[O-])=N/C1=C\C=C\c1ccc([N+](=O)[O-])cc1. The van der Waals surface area contributed by atoms with E-state index in [1.54, 1.807) is 24.3 Å². The molecule has 0 unspecified atom stereocenters. The number of hydrogen-bond donors (Lipinski definition) is 0. The lowest BCUT2D eigenvalue weighted by atomic mass is 10.2. The maximum absolute atomic E-state index is 11.9. The fourth-order valence-corrected chi connectivity index (χ4v) is 2.31. The lowest BCUT2D eigenvalue weighted by Crippen LogP contribution is -2.07. The van der Waals surface area contributed by atoms with Gasteiger partial charge in [-0.15, -0.1) is 0 Å². The quantitative estimate of drug-likeness (QED) is 0.346. The Bertz CT molecular complexity index is 1020. The maximum atomic E-state index is 11.9. The smallest absolute Gasteiger partial charge is 0.363 e. The largest absolute Gasteiger partial charge is 0.402 e. The fourth-order valence-electron chi connectivity index (χ4n) is 2.31. The van der Waals surface area contributed by atoms with Gasteiger partial charge in [0, 0.05) is 18.2 Å². The van der Waals surface area contributed by atoms with Gasteiger partial charge in [-0.3, -0.25) is 20.2 Å². The molecule has 0 N–H and O–H groups in total. The van der Waals surface area contributed by atoms with Crippen molar-refractivity contribution >= 4 is 29.3 Å². The van der Waals surface area contributed by atoms with E-state index in [2.05, 4.69) is 4.99 Å². The van der Waals surface area contributed by atoms with E-state index < -0.39 is 15.8 Å². The number of benzene rings is 2. The van der Waals surface area contributed by atoms with Crippen LogP contribution in [0.2, 0.25) is 0 Å². The van der Waals surface area contributed by atoms with Crippen molar-refractivity contribution in [3.63, 3.8) is 0 Å². The summed E-state index contributed by atoms with van der Waals surface area (Å²) < 4.78 is 5.03. The van der Waals surface area contributed by atoms with Gasteiger partial charge >= 0.3 is 5.97 Å². The molecule has 1 aliphatic heterocycles. The number of carbonyl (C=O) groups excluding carboxylic acids is 1. The molecule has 0 aromatic heterocycles. The Morgan fingerprint density at radius 2 is 1.67 bits per heavy atom. The normalized spacial score (nSPS) is 15.0. The van der Waals surface area contributed by atoms with Crippen LogP contribution in [-0.4, -0.2) is 21.7 Å². The van der Waals surface area contributed by atoms with Gasteiger partial charge in [0.1, 0.15) is 5.56 Å². The van der Waals surface area contributed by atoms with Crippen LogP contribution in [0.25, 0.3) is 6.08 Å². The molecule has 1 aliphatic rings. The predicted molar refractivity (Wildman–Crippen MR) is 95.9 cm³/mol. The van der Waals surface area contributed by atoms with Gasteiger partial charge in [0.05, 0.1) is 9.85 Å². The van der Waals surface area contributed by atoms with Crippen LogP contribution in [0.3, 0.4) is 0 Å². The molecule has 0 fully saturated rings. The summed E-state index contributed by atoms with van der Waals surface area (Å²) >= 11 is 0. The van der Waals surface area contributed by atoms with E-state index in [1.807, 2.05) is 0 Å². The standard InChI is InChI=1S/C18H11N3O6/c22-18-15(6-3-4-12-8-10-13(11-9-12)20(23)24)19-17(27-18)14-5-1-2-7-16(14)21(25)26/h1-11H/b4-3+,15-6-. The number of non-ortho nitro benzene ring substituents is 1. The van der Waals surface area contributed by atoms with Crippen LogP contribution in [0.15, 0.2) is 71.4 Å². The molecule has 0 amide bonds. The molecule has 9 heteroatoms. The van der Waals surface area contributed by atoms with Crippen LogP contribution in [0.5, 0.6) is 0 Å². The van der Waals surface area contributed by atoms with E-state index in [0.717, 1.165) is 0 Å². The van der Waals surface area contributed by atoms with Crippen molar-refractivity contribution in [3.05, 3.63) is 97.7 Å². The molecule has 9 nitrogen and oxygen atoms in total. The lowest BCUT2D eigenvalue weighted by Gasteiger charge is -2.00. The van der Waals surface area contributed by atoms with E-state index in [9.17, 15) is 25.0 Å². The van der Waals surface area contributed by atoms with Crippen LogP contribution >= 0.6 is 0 Å². The first-order valence-electron chi connectivity index (χ1n) is 7.63. The van der Waals surface area contributed by atoms with Crippen LogP contribution in [-0.2, 0) is 9.53 Å². The van der Waals surface area contributed by atoms with Crippen molar-refractivity contribution in [2.45, 2.75) is 0 Å². The second-order valence-electron chi connectivity index (χ2n) is 5.34. The minimum Gasteiger partial charge on any atom is -0.402 e. The Morgan fingerprint density at radius 1 is 0.963 bits per heavy atom. The maximum Gasteiger partial charge on any atom is 0.363 e. The van der Waals surface area contributed by atoms with Crippen LogP contribution in [0.4, 0.5) is 11.4 Å². The van der Waals surface area contributed by atoms with E-state index >= 15 is 0 Å². The van der Waals surface area contributed by atoms with Gasteiger partial charge in [-0.2, -0.15) is 0 Å². The predicted octanol–water partition coefficient (Wildman–Crippen LogP) is 3.40. The number of esters is 1. The third kappa shape index (κ3) is 3.93. The number of carbonyl (C=O) groups is 1. The number of hydrogen-bond acceptors (Lipinski definition) is 7. The molecule has 0 radical (unpaired) electrons. The zero-order valence-electron chi connectivity index (χ0n) is 13.6. The average molecular weight is 365 g/mol. The lowest BCUT2D eigenvalue weighted by molar-refractivity contribution is -0.385. The minimum absolute atomic E-state index is 0.0127. The number of allylic oxidation sites excluding steroid dienone is 2. The van der Waals surface area contributed by atoms with Crippen molar-refractivity contribution in [1.29, 1.82) is 0 Å². The summed E-state index contributed by atoms with van der Waals surface area (Å²) in [4.78, 5) is 36.5. The first kappa shape index (κ1) is 17.7. The zero-order chi connectivity index (χ0) is 19.4. The van der Waals surface area contributed by atoms with Gasteiger partial charge in [0.15, 0.2) is 5.70 Å². The Kier molecular flexibility index (Phi) is 4.84. The van der Waals surface area contributed by atoms with Gasteiger partial charge in [0.2, 0.25) is 5.90 Å². The second kappa shape index (κ2) is 7.40. The summed E-state index contributed by atoms with van der Waals surface area (Å²) in [7, 11) is 0. The van der Waals surface area contributed by atoms with E-state index in [1.165, 1.54) is 42.5 Å². The number of rotatable bonds is 5. The summed E-state index contributed by atoms with van der Waals surface area (Å²) in [5, 5.41) is 21.7. The molecule has 27 heavy (non-hydrogen) atoms. The zero-order valence-corrected chi connectivity index (χ0v) is 13.6. The van der Waals surface area contributed by atoms with Gasteiger partial charge in [-0.05, 0) is 29.8 Å². The van der Waals surface area contributed by atoms with E-state index in [4.69, 9.17) is 4.74 Å². The molecule has 1 heterocycles. The summed E-state index contributed by atoms with van der Waals surface area (Å²) in [6.07, 6.45) is 4.55. The highest BCUT2D eigenvalue weighted by Crippen LogP contribution is 2.24. The first-order chi connectivity index (χ1) is 13.0. The molecule has 0 bridgehead atoms. The average Bonchev–Trinajstić information content (AvgIpc) is 3.03. The van der Waals surface area contributed by atoms with Crippen LogP contribution < -0.4 is 0 Å². The number of nitro groups is 2. The molecule has 2 aromatic carbocycles. The van der Waals surface area contributed by atoms with Crippen molar-refractivity contribution in [1.82, 2.24) is 0 Å². The van der Waals surface area contributed by atoms with Gasteiger partial charge in [-0.1, -0.05) is 24.3 Å². The summed E-state index contributed by atoms with van der Waals surface area (Å²) in [6, 6.07) is 11.7. The number of aliphatic imine (C=N–C) groups is 1. The molecule has 2 aromatic rings. The molecular weight excluding hydrogens is 354 g/mol. The van der Waals surface area contributed by atoms with Gasteiger partial charge < -0.3 is 4.74 Å². The molecule has 0 saturated carbocycles. The molecular formula is C18H11N3O6. The van der Waals surface area contributed by atoms with E-state index in [-0.39, 0.29) is 28.5 Å². The number of cyclic esters (lactones) is 1. The number of para-hydroxylation sites is 1. The number of nitrogens with zero attached hydrogens (tertiary/aromatic N) is 3. The van der Waals surface area contributed by atoms with Crippen molar-refractivity contribution < 1.29 is 19.4 Å². The highest BCUT2D eigenvalue weighted by molar-refractivity contribution is 6.12. The minimum atomic E-state index is -0.725. The highest BCUT2D eigenvalue weighted by atomic mass is 16.6. The topological polar surface area (TPSA) is 125 Å². The summed E-state index contributed by atoms with van der Waals surface area (Å²) in [6.45, 7) is 0. The van der Waals surface area contributed by atoms with Crippen LogP contribution in [0.1, 0.15) is 11.1 Å². The van der Waals surface area contributed by atoms with Gasteiger partial charge in [-0.25, -0.2) is 9.79 Å². The van der Waals surface area contributed by atoms with Crippen molar-refractivity contribution in [2.24, 2.45) is 4.99 Å². The Balaban J connectivity index is 1.82. The molecule has 0 spiro atoms. The molecule has 3 rings (SSSR count). The fraction of sp³-hybridized carbons (Fsp3) is 0. The Hall–Kier alpha value is -4.14. The molecule has 0 aliphatic carbocycles. The Morgan fingerprint density at radius 3 is 2.33 bits per heavy atom. The van der Waals surface area contributed by atoms with Crippen LogP contribution in [0, 0.1) is 20.2 Å². The third-order valence-corrected chi connectivity index (χ3v) is 3.60. The van der Waals surface area contributed by atoms with Crippen molar-refractivity contribution in [2.75, 3.05) is 0 Å². The number of ether oxygens (including phenoxy) is 1. The first-order valence-corrected chi connectivity index (χ1v) is 7.63. The molecule has 0 saturated heterocycles. The number of nitro benzene ring substituents is 2. The third-order valence-electron chi connectivity index (χ3n) is 3.60. The monoisotopic (exact) mass is 365 g/mol. The second-order valence-corrected chi connectivity index (χ2v) is 5.34. The Labute approximate surface area is 152 Å². The van der Waals surface area contributed by atoms with E-state index in [0.29, 0.717) is 5.56 Å². The summed E-state index contributed by atoms with van der Waals surface area (Å²) in [5.74, 6) is -0.862. The molecule has 0 atom stereocenters. The highest BCUT2D eigenvalue weighted by Gasteiger charge is 2.28.